The Kier molecular flexibility index (Phi) is 4.98. The number of nitrogens with one attached hydrogen (secondary N) is 1. The molecule has 0 fully saturated rings. The normalized spacial score (nSPS) is 16.1. The van der Waals surface area contributed by atoms with Gasteiger partial charge in [-0.15, -0.1) is 0 Å². The van der Waals surface area contributed by atoms with Crippen LogP contribution in [0.3, 0.4) is 0 Å². The summed E-state index contributed by atoms with van der Waals surface area (Å²) < 4.78 is 1.83. The molecule has 1 aliphatic rings. The number of carbonyl (C=O) groups is 1. The van der Waals surface area contributed by atoms with Crippen molar-refractivity contribution in [1.82, 2.24) is 9.88 Å². The van der Waals surface area contributed by atoms with Crippen molar-refractivity contribution >= 4 is 17.3 Å². The molecule has 0 aliphatic carbocycles. The summed E-state index contributed by atoms with van der Waals surface area (Å²) in [7, 11) is 3.95. The Labute approximate surface area is 165 Å². The predicted octanol–water partition coefficient (Wildman–Crippen LogP) is 3.11. The summed E-state index contributed by atoms with van der Waals surface area (Å²) in [4.78, 5) is 19.7. The molecule has 142 valence electrons. The number of aromatic nitrogens is 1. The van der Waals surface area contributed by atoms with Crippen molar-refractivity contribution in [1.29, 1.82) is 0 Å². The maximum absolute atomic E-state index is 12.5. The largest absolute Gasteiger partial charge is 0.367 e. The Bertz CT molecular complexity index is 1010. The van der Waals surface area contributed by atoms with Gasteiger partial charge in [-0.2, -0.15) is 0 Å². The fourth-order valence-electron chi connectivity index (χ4n) is 3.62. The molecule has 5 nitrogen and oxygen atoms in total. The number of carbonyl (C=O) groups excluding carboxylic acids is 1. The number of benzene rings is 2. The molecule has 0 spiro atoms. The van der Waals surface area contributed by atoms with Gasteiger partial charge in [0.15, 0.2) is 0 Å². The minimum Gasteiger partial charge on any atom is -0.367 e. The fourth-order valence-corrected chi connectivity index (χ4v) is 3.62. The second-order valence-electron chi connectivity index (χ2n) is 7.05. The van der Waals surface area contributed by atoms with Crippen LogP contribution in [0.25, 0.3) is 0 Å². The molecule has 3 aromatic rings. The minimum absolute atomic E-state index is 0.0642. The molecule has 1 unspecified atom stereocenters. The summed E-state index contributed by atoms with van der Waals surface area (Å²) in [5.74, 6) is -0.0642. The third-order valence-corrected chi connectivity index (χ3v) is 5.27. The van der Waals surface area contributed by atoms with E-state index in [-0.39, 0.29) is 11.9 Å². The van der Waals surface area contributed by atoms with Gasteiger partial charge in [0.2, 0.25) is 0 Å². The molecule has 2 heterocycles. The summed E-state index contributed by atoms with van der Waals surface area (Å²) in [6.45, 7) is 1.14. The Morgan fingerprint density at radius 3 is 2.54 bits per heavy atom. The van der Waals surface area contributed by atoms with E-state index in [1.54, 1.807) is 0 Å². The average molecular weight is 372 g/mol. The highest BCUT2D eigenvalue weighted by molar-refractivity contribution is 6.16. The van der Waals surface area contributed by atoms with Crippen LogP contribution in [0, 0.1) is 0 Å². The molecule has 1 amide bonds. The molecule has 1 aromatic heterocycles. The van der Waals surface area contributed by atoms with Gasteiger partial charge in [0.1, 0.15) is 5.69 Å². The molecule has 1 aliphatic heterocycles. The molecule has 1 N–H and O–H groups in total. The summed E-state index contributed by atoms with van der Waals surface area (Å²) in [5.41, 5.74) is 5.01. The molecular formula is C23H24N4O. The molecule has 2 aromatic carbocycles. The molecule has 5 heteroatoms. The van der Waals surface area contributed by atoms with Gasteiger partial charge in [0.05, 0.1) is 18.3 Å². The lowest BCUT2D eigenvalue weighted by Crippen LogP contribution is -2.44. The second-order valence-corrected chi connectivity index (χ2v) is 7.05. The summed E-state index contributed by atoms with van der Waals surface area (Å²) in [6, 6.07) is 22.4. The summed E-state index contributed by atoms with van der Waals surface area (Å²) in [6.07, 6.45) is 1.87. The molecule has 28 heavy (non-hydrogen) atoms. The number of fused-ring (bicyclic) bond motifs is 1. The van der Waals surface area contributed by atoms with Crippen molar-refractivity contribution in [2.75, 3.05) is 25.0 Å². The van der Waals surface area contributed by atoms with E-state index in [0.717, 1.165) is 22.5 Å². The maximum atomic E-state index is 12.5. The Morgan fingerprint density at radius 2 is 1.79 bits per heavy atom. The number of aliphatic imine (C=N–C) groups is 1. The number of likely N-dealkylation sites (N-methyl/N-ethyl adjacent to an activating group) is 1. The van der Waals surface area contributed by atoms with Crippen LogP contribution in [-0.2, 0) is 7.05 Å². The van der Waals surface area contributed by atoms with Crippen molar-refractivity contribution < 1.29 is 4.79 Å². The molecule has 0 saturated heterocycles. The van der Waals surface area contributed by atoms with Crippen LogP contribution in [0.5, 0.6) is 0 Å². The van der Waals surface area contributed by atoms with Crippen LogP contribution >= 0.6 is 0 Å². The topological polar surface area (TPSA) is 49.6 Å². The van der Waals surface area contributed by atoms with Gasteiger partial charge < -0.3 is 14.8 Å². The zero-order valence-electron chi connectivity index (χ0n) is 16.2. The number of anilines is 1. The molecule has 0 saturated carbocycles. The quantitative estimate of drug-likeness (QED) is 0.765. The third kappa shape index (κ3) is 3.43. The number of benzodiazepines with no additional fused rings is 1. The van der Waals surface area contributed by atoms with Crippen molar-refractivity contribution in [3.05, 3.63) is 89.7 Å². The lowest BCUT2D eigenvalue weighted by atomic mass is 10.0. The van der Waals surface area contributed by atoms with Gasteiger partial charge in [0, 0.05) is 43.7 Å². The Balaban J connectivity index is 1.60. The van der Waals surface area contributed by atoms with E-state index >= 15 is 0 Å². The SMILES string of the molecule is CN1c2ccccc2C(c2ccccc2)=NCC1CNC(=O)c1cccn1C. The smallest absolute Gasteiger partial charge is 0.267 e. The minimum atomic E-state index is -0.0642. The third-order valence-electron chi connectivity index (χ3n) is 5.27. The number of para-hydroxylation sites is 1. The summed E-state index contributed by atoms with van der Waals surface area (Å²) in [5, 5.41) is 3.07. The van der Waals surface area contributed by atoms with Crippen LogP contribution in [0.2, 0.25) is 0 Å². The molecule has 4 rings (SSSR count). The first-order valence-corrected chi connectivity index (χ1v) is 9.47. The van der Waals surface area contributed by atoms with Crippen LogP contribution < -0.4 is 10.2 Å². The number of rotatable bonds is 4. The monoisotopic (exact) mass is 372 g/mol. The van der Waals surface area contributed by atoms with Crippen molar-refractivity contribution in [3.63, 3.8) is 0 Å². The van der Waals surface area contributed by atoms with Gasteiger partial charge in [-0.25, -0.2) is 0 Å². The standard InChI is InChI=1S/C23H24N4O/c1-26-14-8-13-21(26)23(28)25-16-18-15-24-22(17-9-4-3-5-10-17)19-11-6-7-12-20(19)27(18)2/h3-14,18H,15-16H2,1-2H3,(H,25,28). The number of nitrogens with zero attached hydrogens (tertiary/aromatic N) is 3. The van der Waals surface area contributed by atoms with Gasteiger partial charge in [-0.1, -0.05) is 48.5 Å². The average Bonchev–Trinajstić information content (AvgIpc) is 3.10. The first-order valence-electron chi connectivity index (χ1n) is 9.47. The van der Waals surface area contributed by atoms with Crippen LogP contribution in [0.1, 0.15) is 21.6 Å². The second kappa shape index (κ2) is 7.72. The van der Waals surface area contributed by atoms with Crippen molar-refractivity contribution in [2.45, 2.75) is 6.04 Å². The Morgan fingerprint density at radius 1 is 1.04 bits per heavy atom. The van der Waals surface area contributed by atoms with Crippen LogP contribution in [0.15, 0.2) is 77.9 Å². The van der Waals surface area contributed by atoms with Gasteiger partial charge in [-0.05, 0) is 18.2 Å². The van der Waals surface area contributed by atoms with Crippen LogP contribution in [0.4, 0.5) is 5.69 Å². The lowest BCUT2D eigenvalue weighted by Gasteiger charge is -2.28. The zero-order valence-corrected chi connectivity index (χ0v) is 16.2. The zero-order chi connectivity index (χ0) is 19.5. The highest BCUT2D eigenvalue weighted by Crippen LogP contribution is 2.27. The van der Waals surface area contributed by atoms with E-state index in [2.05, 4.69) is 41.5 Å². The van der Waals surface area contributed by atoms with Crippen molar-refractivity contribution in [2.24, 2.45) is 12.0 Å². The predicted molar refractivity (Wildman–Crippen MR) is 113 cm³/mol. The number of hydrogen-bond acceptors (Lipinski definition) is 3. The van der Waals surface area contributed by atoms with Gasteiger partial charge in [-0.3, -0.25) is 9.79 Å². The van der Waals surface area contributed by atoms with Crippen molar-refractivity contribution in [3.8, 4) is 0 Å². The van der Waals surface area contributed by atoms with E-state index in [9.17, 15) is 4.79 Å². The number of hydrogen-bond donors (Lipinski definition) is 1. The number of aryl methyl sites for hydroxylation is 1. The molecule has 0 bridgehead atoms. The van der Waals surface area contributed by atoms with Crippen LogP contribution in [-0.4, -0.2) is 42.4 Å². The van der Waals surface area contributed by atoms with Gasteiger partial charge in [0.25, 0.3) is 5.91 Å². The Hall–Kier alpha value is -3.34. The lowest BCUT2D eigenvalue weighted by molar-refractivity contribution is 0.0943. The maximum Gasteiger partial charge on any atom is 0.267 e. The number of amides is 1. The summed E-state index contributed by atoms with van der Waals surface area (Å²) >= 11 is 0. The van der Waals surface area contributed by atoms with E-state index in [4.69, 9.17) is 4.99 Å². The van der Waals surface area contributed by atoms with E-state index in [1.165, 1.54) is 0 Å². The highest BCUT2D eigenvalue weighted by Gasteiger charge is 2.24. The van der Waals surface area contributed by atoms with E-state index in [1.807, 2.05) is 60.3 Å². The first-order chi connectivity index (χ1) is 13.6. The highest BCUT2D eigenvalue weighted by atomic mass is 16.1. The van der Waals surface area contributed by atoms with Gasteiger partial charge >= 0.3 is 0 Å². The first kappa shape index (κ1) is 18.0. The van der Waals surface area contributed by atoms with E-state index in [0.29, 0.717) is 18.8 Å². The molecule has 0 radical (unpaired) electrons. The van der Waals surface area contributed by atoms with E-state index < -0.39 is 0 Å². The molecule has 1 atom stereocenters. The molecular weight excluding hydrogens is 348 g/mol. The fraction of sp³-hybridized carbons (Fsp3) is 0.217.